The maximum absolute atomic E-state index is 3.49. The molecule has 0 radical (unpaired) electrons. The van der Waals surface area contributed by atoms with E-state index in [2.05, 4.69) is 28.2 Å². The summed E-state index contributed by atoms with van der Waals surface area (Å²) in [6.07, 6.45) is 1.16. The van der Waals surface area contributed by atoms with Gasteiger partial charge in [-0.15, -0.1) is 12.4 Å². The van der Waals surface area contributed by atoms with E-state index >= 15 is 0 Å². The second-order valence-corrected chi connectivity index (χ2v) is 3.07. The average molecular weight is 213 g/mol. The molecule has 0 spiro atoms. The molecule has 0 fully saturated rings. The molecule has 1 N–H and O–H groups in total. The summed E-state index contributed by atoms with van der Waals surface area (Å²) in [5, 5.41) is 3.28. The third-order valence-electron chi connectivity index (χ3n) is 1.37. The van der Waals surface area contributed by atoms with Crippen LogP contribution in [0, 0.1) is 0 Å². The molecule has 1 heterocycles. The quantitative estimate of drug-likeness (QED) is 0.648. The molecule has 0 amide bonds. The minimum atomic E-state index is 0. The van der Waals surface area contributed by atoms with Crippen LogP contribution in [0.4, 0.5) is 0 Å². The smallest absolute Gasteiger partial charge is 0.0172 e. The summed E-state index contributed by atoms with van der Waals surface area (Å²) in [6.45, 7) is 4.33. The van der Waals surface area contributed by atoms with Crippen LogP contribution < -0.4 is 5.32 Å². The van der Waals surface area contributed by atoms with E-state index in [1.54, 1.807) is 0 Å². The van der Waals surface area contributed by atoms with Crippen LogP contribution >= 0.6 is 28.3 Å². The Hall–Kier alpha value is 0.470. The third-order valence-corrected chi connectivity index (χ3v) is 2.45. The Kier molecular flexibility index (Phi) is 4.54. The van der Waals surface area contributed by atoms with Gasteiger partial charge in [0.1, 0.15) is 0 Å². The van der Waals surface area contributed by atoms with Crippen LogP contribution in [-0.2, 0) is 0 Å². The van der Waals surface area contributed by atoms with Crippen molar-refractivity contribution in [2.45, 2.75) is 13.3 Å². The number of halogens is 2. The predicted octanol–water partition coefficient (Wildman–Crippen LogP) is 2.07. The molecule has 0 aromatic heterocycles. The Morgan fingerprint density at radius 1 is 1.56 bits per heavy atom. The van der Waals surface area contributed by atoms with Crippen molar-refractivity contribution < 1.29 is 0 Å². The number of hydrogen-bond donors (Lipinski definition) is 1. The van der Waals surface area contributed by atoms with E-state index in [1.165, 1.54) is 10.1 Å². The Morgan fingerprint density at radius 2 is 2.22 bits per heavy atom. The molecule has 1 aliphatic rings. The molecule has 1 nitrogen and oxygen atoms in total. The fourth-order valence-electron chi connectivity index (χ4n) is 0.783. The summed E-state index contributed by atoms with van der Waals surface area (Å²) in [4.78, 5) is 0. The topological polar surface area (TPSA) is 12.0 Å². The van der Waals surface area contributed by atoms with Crippen LogP contribution in [0.3, 0.4) is 0 Å². The molecule has 0 saturated heterocycles. The van der Waals surface area contributed by atoms with E-state index in [9.17, 15) is 0 Å². The van der Waals surface area contributed by atoms with Gasteiger partial charge in [-0.1, -0.05) is 15.9 Å². The molecule has 0 unspecified atom stereocenters. The van der Waals surface area contributed by atoms with Crippen LogP contribution in [0.5, 0.6) is 0 Å². The molecular weight excluding hydrogens is 201 g/mol. The minimum Gasteiger partial charge on any atom is -0.313 e. The zero-order valence-electron chi connectivity index (χ0n) is 5.41. The van der Waals surface area contributed by atoms with E-state index in [0.717, 1.165) is 19.5 Å². The van der Waals surface area contributed by atoms with Gasteiger partial charge in [-0.05, 0) is 29.9 Å². The van der Waals surface area contributed by atoms with Crippen LogP contribution in [0.15, 0.2) is 10.1 Å². The summed E-state index contributed by atoms with van der Waals surface area (Å²) in [6, 6.07) is 0. The predicted molar refractivity (Wildman–Crippen MR) is 46.4 cm³/mol. The zero-order valence-corrected chi connectivity index (χ0v) is 7.81. The van der Waals surface area contributed by atoms with Crippen molar-refractivity contribution in [1.82, 2.24) is 5.32 Å². The van der Waals surface area contributed by atoms with Crippen molar-refractivity contribution in [3.05, 3.63) is 10.1 Å². The lowest BCUT2D eigenvalue weighted by Gasteiger charge is -2.13. The van der Waals surface area contributed by atoms with E-state index in [-0.39, 0.29) is 12.4 Å². The lowest BCUT2D eigenvalue weighted by atomic mass is 10.2. The largest absolute Gasteiger partial charge is 0.313 e. The summed E-state index contributed by atoms with van der Waals surface area (Å²) >= 11 is 3.49. The van der Waals surface area contributed by atoms with Gasteiger partial charge in [0.25, 0.3) is 0 Å². The number of hydrogen-bond acceptors (Lipinski definition) is 1. The summed E-state index contributed by atoms with van der Waals surface area (Å²) < 4.78 is 1.39. The van der Waals surface area contributed by atoms with Crippen LogP contribution in [-0.4, -0.2) is 13.1 Å². The number of rotatable bonds is 0. The molecule has 0 saturated carbocycles. The van der Waals surface area contributed by atoms with Crippen LogP contribution in [0.1, 0.15) is 13.3 Å². The first kappa shape index (κ1) is 9.47. The summed E-state index contributed by atoms with van der Waals surface area (Å²) in [5.41, 5.74) is 1.44. The molecule has 0 aliphatic carbocycles. The van der Waals surface area contributed by atoms with Crippen molar-refractivity contribution in [2.24, 2.45) is 0 Å². The molecule has 0 atom stereocenters. The molecule has 1 rings (SSSR count). The first-order valence-electron chi connectivity index (χ1n) is 2.85. The van der Waals surface area contributed by atoms with E-state index in [4.69, 9.17) is 0 Å². The van der Waals surface area contributed by atoms with Gasteiger partial charge in [0.05, 0.1) is 0 Å². The highest BCUT2D eigenvalue weighted by atomic mass is 79.9. The second-order valence-electron chi connectivity index (χ2n) is 2.11. The monoisotopic (exact) mass is 211 g/mol. The molecule has 0 bridgehead atoms. The zero-order chi connectivity index (χ0) is 5.98. The van der Waals surface area contributed by atoms with E-state index in [0.29, 0.717) is 0 Å². The first-order chi connectivity index (χ1) is 3.80. The van der Waals surface area contributed by atoms with Gasteiger partial charge < -0.3 is 5.32 Å². The molecule has 54 valence electrons. The highest BCUT2D eigenvalue weighted by Crippen LogP contribution is 2.17. The van der Waals surface area contributed by atoms with E-state index in [1.807, 2.05) is 0 Å². The van der Waals surface area contributed by atoms with Crippen LogP contribution in [0.25, 0.3) is 0 Å². The molecule has 9 heavy (non-hydrogen) atoms. The van der Waals surface area contributed by atoms with Crippen molar-refractivity contribution in [1.29, 1.82) is 0 Å². The van der Waals surface area contributed by atoms with Crippen molar-refractivity contribution >= 4 is 28.3 Å². The highest BCUT2D eigenvalue weighted by molar-refractivity contribution is 9.11. The molecule has 1 aliphatic heterocycles. The first-order valence-corrected chi connectivity index (χ1v) is 3.65. The third kappa shape index (κ3) is 2.70. The van der Waals surface area contributed by atoms with Gasteiger partial charge in [0, 0.05) is 6.54 Å². The average Bonchev–Trinajstić information content (AvgIpc) is 1.77. The lowest BCUT2D eigenvalue weighted by Crippen LogP contribution is -2.22. The fourth-order valence-corrected chi connectivity index (χ4v) is 1.12. The molecule has 3 heteroatoms. The van der Waals surface area contributed by atoms with Crippen molar-refractivity contribution in [3.8, 4) is 0 Å². The van der Waals surface area contributed by atoms with E-state index < -0.39 is 0 Å². The normalized spacial score (nSPS) is 19.3. The van der Waals surface area contributed by atoms with Crippen molar-refractivity contribution in [2.75, 3.05) is 13.1 Å². The molecule has 0 aromatic rings. The minimum absolute atomic E-state index is 0. The Bertz CT molecular complexity index is 108. The number of nitrogens with one attached hydrogen (secondary N) is 1. The maximum Gasteiger partial charge on any atom is 0.0172 e. The van der Waals surface area contributed by atoms with Crippen molar-refractivity contribution in [3.63, 3.8) is 0 Å². The van der Waals surface area contributed by atoms with Gasteiger partial charge >= 0.3 is 0 Å². The Labute approximate surface area is 70.4 Å². The SMILES string of the molecule is CC1=C(Br)CCNC1.Cl. The van der Waals surface area contributed by atoms with Gasteiger partial charge in [-0.2, -0.15) is 0 Å². The van der Waals surface area contributed by atoms with Gasteiger partial charge in [0.2, 0.25) is 0 Å². The van der Waals surface area contributed by atoms with Crippen LogP contribution in [0.2, 0.25) is 0 Å². The van der Waals surface area contributed by atoms with Gasteiger partial charge in [-0.25, -0.2) is 0 Å². The lowest BCUT2D eigenvalue weighted by molar-refractivity contribution is 0.698. The van der Waals surface area contributed by atoms with Gasteiger partial charge in [0.15, 0.2) is 0 Å². The Balaban J connectivity index is 0.000000640. The van der Waals surface area contributed by atoms with Gasteiger partial charge in [-0.3, -0.25) is 0 Å². The standard InChI is InChI=1S/C6H10BrN.ClH/c1-5-4-8-3-2-6(5)7;/h8H,2-4H2,1H3;1H. The fraction of sp³-hybridized carbons (Fsp3) is 0.667. The summed E-state index contributed by atoms with van der Waals surface area (Å²) in [7, 11) is 0. The highest BCUT2D eigenvalue weighted by Gasteiger charge is 2.03. The molecule has 0 aromatic carbocycles. The second kappa shape index (κ2) is 4.31. The summed E-state index contributed by atoms with van der Waals surface area (Å²) in [5.74, 6) is 0. The molecular formula is C6H11BrClN. The maximum atomic E-state index is 3.49. The Morgan fingerprint density at radius 3 is 2.56 bits per heavy atom.